The summed E-state index contributed by atoms with van der Waals surface area (Å²) in [5.41, 5.74) is 0.918. The molecule has 7 nitrogen and oxygen atoms in total. The fraction of sp³-hybridized carbons (Fsp3) is 0.550. The summed E-state index contributed by atoms with van der Waals surface area (Å²) in [6, 6.07) is 7.62. The highest BCUT2D eigenvalue weighted by Crippen LogP contribution is 2.45. The zero-order valence-electron chi connectivity index (χ0n) is 16.6. The number of esters is 1. The number of amides is 2. The molecule has 2 saturated heterocycles. The molecule has 0 saturated carbocycles. The third kappa shape index (κ3) is 2.81. The van der Waals surface area contributed by atoms with Crippen LogP contribution in [0.5, 0.6) is 0 Å². The minimum atomic E-state index is -1.07. The van der Waals surface area contributed by atoms with Gasteiger partial charge in [-0.15, -0.1) is 0 Å². The Labute approximate surface area is 159 Å². The van der Waals surface area contributed by atoms with Crippen molar-refractivity contribution in [3.63, 3.8) is 0 Å². The average molecular weight is 374 g/mol. The van der Waals surface area contributed by atoms with Crippen molar-refractivity contribution >= 4 is 23.5 Å². The van der Waals surface area contributed by atoms with Gasteiger partial charge in [0.1, 0.15) is 17.9 Å². The summed E-state index contributed by atoms with van der Waals surface area (Å²) in [7, 11) is 5.42. The van der Waals surface area contributed by atoms with Gasteiger partial charge in [0.15, 0.2) is 0 Å². The van der Waals surface area contributed by atoms with Gasteiger partial charge in [0, 0.05) is 38.8 Å². The molecule has 2 aliphatic heterocycles. The molecule has 3 rings (SSSR count). The minimum Gasteiger partial charge on any atom is -0.461 e. The van der Waals surface area contributed by atoms with E-state index in [1.807, 2.05) is 55.5 Å². The molecule has 146 valence electrons. The number of hydrogen-bond acceptors (Lipinski definition) is 5. The lowest BCUT2D eigenvalue weighted by molar-refractivity contribution is -0.734. The molecule has 0 unspecified atom stereocenters. The maximum Gasteiger partial charge on any atom is 0.368 e. The van der Waals surface area contributed by atoms with Crippen molar-refractivity contribution in [1.82, 2.24) is 4.90 Å². The number of nitrogens with two attached hydrogens (primary N) is 1. The molecule has 0 bridgehead atoms. The third-order valence-electron chi connectivity index (χ3n) is 6.03. The molecular weight excluding hydrogens is 346 g/mol. The molecule has 0 aromatic heterocycles. The van der Waals surface area contributed by atoms with Crippen molar-refractivity contribution in [2.24, 2.45) is 11.8 Å². The Hall–Kier alpha value is -2.41. The summed E-state index contributed by atoms with van der Waals surface area (Å²) in [4.78, 5) is 41.8. The third-order valence-corrected chi connectivity index (χ3v) is 6.03. The number of likely N-dealkylation sites (tertiary alicyclic amines) is 1. The summed E-state index contributed by atoms with van der Waals surface area (Å²) < 4.78 is 5.32. The number of fused-ring (bicyclic) bond motifs is 1. The van der Waals surface area contributed by atoms with E-state index in [1.165, 1.54) is 11.9 Å². The summed E-state index contributed by atoms with van der Waals surface area (Å²) in [5.74, 6) is -2.17. The number of hydrogen-bond donors (Lipinski definition) is 1. The van der Waals surface area contributed by atoms with Gasteiger partial charge in [0.2, 0.25) is 17.4 Å². The van der Waals surface area contributed by atoms with Crippen molar-refractivity contribution in [2.45, 2.75) is 31.8 Å². The van der Waals surface area contributed by atoms with E-state index in [4.69, 9.17) is 4.74 Å². The molecule has 2 aliphatic rings. The Kier molecular flexibility index (Phi) is 4.99. The molecule has 1 aromatic rings. The van der Waals surface area contributed by atoms with E-state index in [9.17, 15) is 14.4 Å². The van der Waals surface area contributed by atoms with Crippen LogP contribution in [0.15, 0.2) is 24.3 Å². The second-order valence-corrected chi connectivity index (χ2v) is 7.53. The smallest absolute Gasteiger partial charge is 0.368 e. The van der Waals surface area contributed by atoms with Crippen LogP contribution >= 0.6 is 0 Å². The van der Waals surface area contributed by atoms with Crippen LogP contribution in [0, 0.1) is 11.8 Å². The Morgan fingerprint density at radius 3 is 2.33 bits per heavy atom. The molecular formula is C20H28N3O4+. The standard InChI is InChI=1S/C20H27N3O4/c1-6-20(19(26)27-7-2)15-14(17(24)23(5)18(15)25)16(21-20)12-8-10-13(11-9-12)22(3)4/h8-11,14-16,21H,6-7H2,1-5H3/p+1/t14-,15-,16-,20-/m0/s1. The van der Waals surface area contributed by atoms with Crippen LogP contribution in [0.4, 0.5) is 5.69 Å². The second kappa shape index (κ2) is 6.96. The predicted molar refractivity (Wildman–Crippen MR) is 99.8 cm³/mol. The van der Waals surface area contributed by atoms with E-state index in [-0.39, 0.29) is 24.5 Å². The van der Waals surface area contributed by atoms with Gasteiger partial charge in [-0.3, -0.25) is 14.5 Å². The van der Waals surface area contributed by atoms with E-state index in [1.54, 1.807) is 6.92 Å². The van der Waals surface area contributed by atoms with E-state index >= 15 is 0 Å². The van der Waals surface area contributed by atoms with Gasteiger partial charge in [0.25, 0.3) is 0 Å². The molecule has 2 amide bonds. The lowest BCUT2D eigenvalue weighted by Crippen LogP contribution is -2.98. The van der Waals surface area contributed by atoms with Gasteiger partial charge in [0.05, 0.1) is 6.61 Å². The van der Waals surface area contributed by atoms with Gasteiger partial charge < -0.3 is 15.0 Å². The first-order chi connectivity index (χ1) is 12.8. The average Bonchev–Trinajstić information content (AvgIpc) is 3.12. The van der Waals surface area contributed by atoms with Crippen LogP contribution in [0.1, 0.15) is 31.9 Å². The Bertz CT molecular complexity index is 761. The topological polar surface area (TPSA) is 83.5 Å². The fourth-order valence-electron chi connectivity index (χ4n) is 4.51. The number of rotatable bonds is 5. The van der Waals surface area contributed by atoms with Gasteiger partial charge in [-0.2, -0.15) is 0 Å². The Balaban J connectivity index is 2.06. The molecule has 0 radical (unpaired) electrons. The molecule has 4 atom stereocenters. The molecule has 7 heteroatoms. The molecule has 0 aliphatic carbocycles. The van der Waals surface area contributed by atoms with Crippen molar-refractivity contribution in [3.05, 3.63) is 29.8 Å². The summed E-state index contributed by atoms with van der Waals surface area (Å²) in [6.07, 6.45) is 0.423. The van der Waals surface area contributed by atoms with Crippen LogP contribution in [0.3, 0.4) is 0 Å². The number of benzene rings is 1. The number of ether oxygens (including phenoxy) is 1. The molecule has 2 heterocycles. The van der Waals surface area contributed by atoms with Crippen molar-refractivity contribution < 1.29 is 24.4 Å². The van der Waals surface area contributed by atoms with E-state index in [0.717, 1.165) is 11.3 Å². The SMILES string of the molecule is CCOC(=O)[C@@]1(CC)[NH2+][C@@H](c2ccc(N(C)C)cc2)[C@H]2C(=O)N(C)C(=O)[C@H]21. The van der Waals surface area contributed by atoms with Gasteiger partial charge >= 0.3 is 5.97 Å². The van der Waals surface area contributed by atoms with Crippen LogP contribution in [-0.2, 0) is 19.1 Å². The van der Waals surface area contributed by atoms with Crippen molar-refractivity contribution in [3.8, 4) is 0 Å². The molecule has 0 spiro atoms. The quantitative estimate of drug-likeness (QED) is 0.593. The maximum absolute atomic E-state index is 12.9. The van der Waals surface area contributed by atoms with E-state index in [0.29, 0.717) is 6.42 Å². The number of carbonyl (C=O) groups is 3. The summed E-state index contributed by atoms with van der Waals surface area (Å²) >= 11 is 0. The Morgan fingerprint density at radius 2 is 1.81 bits per heavy atom. The largest absolute Gasteiger partial charge is 0.461 e. The lowest BCUT2D eigenvalue weighted by atomic mass is 9.78. The van der Waals surface area contributed by atoms with E-state index < -0.39 is 23.3 Å². The summed E-state index contributed by atoms with van der Waals surface area (Å²) in [6.45, 7) is 3.86. The number of imide groups is 1. The highest BCUT2D eigenvalue weighted by Gasteiger charge is 2.71. The zero-order valence-corrected chi connectivity index (χ0v) is 16.6. The monoisotopic (exact) mass is 374 g/mol. The van der Waals surface area contributed by atoms with Crippen LogP contribution in [-0.4, -0.2) is 56.0 Å². The van der Waals surface area contributed by atoms with Crippen LogP contribution in [0.2, 0.25) is 0 Å². The zero-order chi connectivity index (χ0) is 19.9. The summed E-state index contributed by atoms with van der Waals surface area (Å²) in [5, 5.41) is 1.90. The highest BCUT2D eigenvalue weighted by atomic mass is 16.5. The number of carbonyl (C=O) groups excluding carboxylic acids is 3. The number of anilines is 1. The van der Waals surface area contributed by atoms with E-state index in [2.05, 4.69) is 0 Å². The number of quaternary nitrogens is 1. The molecule has 2 fully saturated rings. The highest BCUT2D eigenvalue weighted by molar-refractivity contribution is 6.08. The lowest BCUT2D eigenvalue weighted by Gasteiger charge is -2.28. The normalized spacial score (nSPS) is 29.8. The van der Waals surface area contributed by atoms with Gasteiger partial charge in [-0.1, -0.05) is 19.1 Å². The van der Waals surface area contributed by atoms with Crippen LogP contribution in [0.25, 0.3) is 0 Å². The molecule has 27 heavy (non-hydrogen) atoms. The fourth-order valence-corrected chi connectivity index (χ4v) is 4.51. The first kappa shape index (κ1) is 19.4. The molecule has 2 N–H and O–H groups in total. The maximum atomic E-state index is 12.9. The minimum absolute atomic E-state index is 0.220. The first-order valence-corrected chi connectivity index (χ1v) is 9.40. The van der Waals surface area contributed by atoms with Gasteiger partial charge in [-0.05, 0) is 19.1 Å². The van der Waals surface area contributed by atoms with Crippen LogP contribution < -0.4 is 10.2 Å². The van der Waals surface area contributed by atoms with Crippen molar-refractivity contribution in [1.29, 1.82) is 0 Å². The molecule has 1 aromatic carbocycles. The number of nitrogens with zero attached hydrogens (tertiary/aromatic N) is 2. The van der Waals surface area contributed by atoms with Crippen molar-refractivity contribution in [2.75, 3.05) is 32.6 Å². The predicted octanol–water partition coefficient (Wildman–Crippen LogP) is 0.314. The Morgan fingerprint density at radius 1 is 1.19 bits per heavy atom. The second-order valence-electron chi connectivity index (χ2n) is 7.53. The first-order valence-electron chi connectivity index (χ1n) is 9.40. The van der Waals surface area contributed by atoms with Gasteiger partial charge in [-0.25, -0.2) is 4.79 Å².